The molecule has 11 nitrogen and oxygen atoms in total. The summed E-state index contributed by atoms with van der Waals surface area (Å²) in [6.45, 7) is 3.02. The van der Waals surface area contributed by atoms with Crippen molar-refractivity contribution in [2.24, 2.45) is 7.05 Å². The minimum absolute atomic E-state index is 0.0868. The Morgan fingerprint density at radius 2 is 1.84 bits per heavy atom. The van der Waals surface area contributed by atoms with Crippen molar-refractivity contribution in [2.45, 2.75) is 23.9 Å². The van der Waals surface area contributed by atoms with E-state index < -0.39 is 23.3 Å². The Morgan fingerprint density at radius 1 is 1.08 bits per heavy atom. The number of benzene rings is 2. The number of nitro benzene ring substituents is 1. The Balaban J connectivity index is 1.56. The minimum atomic E-state index is -0.895. The first kappa shape index (κ1) is 26.3. The van der Waals surface area contributed by atoms with Gasteiger partial charge < -0.3 is 9.30 Å². The largest absolute Gasteiger partial charge is 0.454 e. The SMILES string of the molecule is Cc1cc(C(=O)COC(=O)c2cc([N+](=O)[O-])ccc2Sc2nnnn2C)c(C)n1-c1ccc(Cl)c(Cl)c1. The molecule has 14 heteroatoms. The standard InChI is InChI=1S/C23H18Cl2N6O5S/c1-12-8-16(13(2)30(12)14-4-6-18(24)19(25)10-14)20(32)11-36-22(33)17-9-15(31(34)35)5-7-21(17)37-23-26-27-28-29(23)3/h4-10H,11H2,1-3H3. The van der Waals surface area contributed by atoms with Gasteiger partial charge in [0.1, 0.15) is 0 Å². The summed E-state index contributed by atoms with van der Waals surface area (Å²) in [4.78, 5) is 36.9. The van der Waals surface area contributed by atoms with Crippen molar-refractivity contribution in [3.63, 3.8) is 0 Å². The van der Waals surface area contributed by atoms with Gasteiger partial charge in [0, 0.05) is 46.7 Å². The van der Waals surface area contributed by atoms with Gasteiger partial charge >= 0.3 is 5.97 Å². The van der Waals surface area contributed by atoms with Gasteiger partial charge in [-0.3, -0.25) is 14.9 Å². The number of non-ortho nitro benzene ring substituents is 1. The summed E-state index contributed by atoms with van der Waals surface area (Å²) >= 11 is 13.2. The molecule has 0 aliphatic rings. The number of tetrazole rings is 1. The molecule has 0 amide bonds. The summed E-state index contributed by atoms with van der Waals surface area (Å²) in [7, 11) is 1.61. The van der Waals surface area contributed by atoms with Crippen molar-refractivity contribution < 1.29 is 19.2 Å². The molecule has 2 aromatic heterocycles. The summed E-state index contributed by atoms with van der Waals surface area (Å²) in [5.74, 6) is -1.34. The number of halogens is 2. The molecule has 0 fully saturated rings. The van der Waals surface area contributed by atoms with E-state index in [1.807, 2.05) is 11.5 Å². The topological polar surface area (TPSA) is 135 Å². The number of Topliss-reactive ketones (excluding diaryl/α,β-unsaturated/α-hetero) is 1. The van der Waals surface area contributed by atoms with Gasteiger partial charge in [-0.1, -0.05) is 23.2 Å². The lowest BCUT2D eigenvalue weighted by Crippen LogP contribution is -2.16. The van der Waals surface area contributed by atoms with Crippen molar-refractivity contribution in [1.82, 2.24) is 24.8 Å². The lowest BCUT2D eigenvalue weighted by molar-refractivity contribution is -0.384. The number of ketones is 1. The van der Waals surface area contributed by atoms with Crippen molar-refractivity contribution in [1.29, 1.82) is 0 Å². The average Bonchev–Trinajstić information content (AvgIpc) is 3.40. The first-order valence-electron chi connectivity index (χ1n) is 10.6. The van der Waals surface area contributed by atoms with E-state index in [-0.39, 0.29) is 11.3 Å². The van der Waals surface area contributed by atoms with Gasteiger partial charge in [-0.25, -0.2) is 9.48 Å². The first-order chi connectivity index (χ1) is 17.6. The van der Waals surface area contributed by atoms with Crippen LogP contribution >= 0.6 is 35.0 Å². The van der Waals surface area contributed by atoms with Crippen LogP contribution in [0.2, 0.25) is 10.0 Å². The Labute approximate surface area is 224 Å². The van der Waals surface area contributed by atoms with Gasteiger partial charge in [0.25, 0.3) is 5.69 Å². The molecule has 0 bridgehead atoms. The molecule has 2 heterocycles. The Hall–Kier alpha value is -3.74. The second-order valence-electron chi connectivity index (χ2n) is 7.84. The molecule has 37 heavy (non-hydrogen) atoms. The third-order valence-electron chi connectivity index (χ3n) is 5.40. The molecule has 0 radical (unpaired) electrons. The van der Waals surface area contributed by atoms with Gasteiger partial charge in [0.2, 0.25) is 10.9 Å². The van der Waals surface area contributed by atoms with E-state index in [9.17, 15) is 19.7 Å². The summed E-state index contributed by atoms with van der Waals surface area (Å²) in [6, 6.07) is 10.6. The summed E-state index contributed by atoms with van der Waals surface area (Å²) in [6.07, 6.45) is 0. The van der Waals surface area contributed by atoms with Crippen LogP contribution in [0.5, 0.6) is 0 Å². The molecule has 4 aromatic rings. The molecule has 0 N–H and O–H groups in total. The number of carbonyl (C=O) groups excluding carboxylic acids is 2. The maximum Gasteiger partial charge on any atom is 0.339 e. The first-order valence-corrected chi connectivity index (χ1v) is 12.2. The second kappa shape index (κ2) is 10.7. The quantitative estimate of drug-likeness (QED) is 0.126. The molecule has 0 saturated carbocycles. The van der Waals surface area contributed by atoms with Gasteiger partial charge in [-0.05, 0) is 66.4 Å². The number of rotatable bonds is 8. The number of ether oxygens (including phenoxy) is 1. The van der Waals surface area contributed by atoms with Crippen LogP contribution in [0.3, 0.4) is 0 Å². The average molecular weight is 561 g/mol. The van der Waals surface area contributed by atoms with Gasteiger partial charge in [0.05, 0.1) is 20.5 Å². The number of hydrogen-bond acceptors (Lipinski definition) is 9. The van der Waals surface area contributed by atoms with Gasteiger partial charge in [0.15, 0.2) is 6.61 Å². The number of hydrogen-bond donors (Lipinski definition) is 0. The van der Waals surface area contributed by atoms with Crippen LogP contribution in [-0.4, -0.2) is 48.1 Å². The van der Waals surface area contributed by atoms with E-state index in [2.05, 4.69) is 15.5 Å². The van der Waals surface area contributed by atoms with Gasteiger partial charge in [-0.15, -0.1) is 5.10 Å². The zero-order valence-corrected chi connectivity index (χ0v) is 22.0. The lowest BCUT2D eigenvalue weighted by atomic mass is 10.1. The Morgan fingerprint density at radius 3 is 2.49 bits per heavy atom. The third kappa shape index (κ3) is 5.50. The summed E-state index contributed by atoms with van der Waals surface area (Å²) in [5.41, 5.74) is 2.07. The van der Waals surface area contributed by atoms with Crippen LogP contribution in [0.25, 0.3) is 5.69 Å². The zero-order chi connectivity index (χ0) is 26.9. The molecule has 0 aliphatic carbocycles. The fourth-order valence-corrected chi connectivity index (χ4v) is 4.76. The smallest absolute Gasteiger partial charge is 0.339 e. The molecule has 4 rings (SSSR count). The predicted molar refractivity (Wildman–Crippen MR) is 136 cm³/mol. The Bertz CT molecular complexity index is 1550. The molecule has 0 atom stereocenters. The number of carbonyl (C=O) groups is 2. The van der Waals surface area contributed by atoms with E-state index in [1.54, 1.807) is 38.2 Å². The third-order valence-corrected chi connectivity index (χ3v) is 7.25. The van der Waals surface area contributed by atoms with Crippen molar-refractivity contribution >= 4 is 52.4 Å². The van der Waals surface area contributed by atoms with E-state index in [0.29, 0.717) is 31.4 Å². The monoisotopic (exact) mass is 560 g/mol. The number of nitrogens with zero attached hydrogens (tertiary/aromatic N) is 6. The highest BCUT2D eigenvalue weighted by Crippen LogP contribution is 2.32. The maximum atomic E-state index is 13.0. The number of aryl methyl sites for hydroxylation is 2. The molecular weight excluding hydrogens is 543 g/mol. The highest BCUT2D eigenvalue weighted by atomic mass is 35.5. The number of esters is 1. The predicted octanol–water partition coefficient (Wildman–Crippen LogP) is 5.02. The fraction of sp³-hybridized carbons (Fsp3) is 0.174. The zero-order valence-electron chi connectivity index (χ0n) is 19.6. The molecule has 0 aliphatic heterocycles. The van der Waals surface area contributed by atoms with E-state index >= 15 is 0 Å². The van der Waals surface area contributed by atoms with E-state index in [1.165, 1.54) is 16.8 Å². The van der Waals surface area contributed by atoms with Crippen molar-refractivity contribution in [3.8, 4) is 5.69 Å². The molecule has 2 aromatic carbocycles. The Kier molecular flexibility index (Phi) is 7.62. The van der Waals surface area contributed by atoms with Crippen LogP contribution in [0, 0.1) is 24.0 Å². The molecular formula is C23H18Cl2N6O5S. The van der Waals surface area contributed by atoms with Crippen LogP contribution in [0.15, 0.2) is 52.5 Å². The molecule has 0 unspecified atom stereocenters. The van der Waals surface area contributed by atoms with Crippen molar-refractivity contribution in [3.05, 3.63) is 85.1 Å². The highest BCUT2D eigenvalue weighted by molar-refractivity contribution is 7.99. The minimum Gasteiger partial charge on any atom is -0.454 e. The number of nitro groups is 1. The normalized spacial score (nSPS) is 10.9. The van der Waals surface area contributed by atoms with E-state index in [4.69, 9.17) is 27.9 Å². The highest BCUT2D eigenvalue weighted by Gasteiger charge is 2.23. The second-order valence-corrected chi connectivity index (χ2v) is 9.67. The van der Waals surface area contributed by atoms with Crippen molar-refractivity contribution in [2.75, 3.05) is 6.61 Å². The molecule has 0 spiro atoms. The summed E-state index contributed by atoms with van der Waals surface area (Å²) < 4.78 is 8.50. The summed E-state index contributed by atoms with van der Waals surface area (Å²) in [5, 5.41) is 23.5. The molecule has 190 valence electrons. The lowest BCUT2D eigenvalue weighted by Gasteiger charge is -2.11. The van der Waals surface area contributed by atoms with Crippen LogP contribution in [-0.2, 0) is 11.8 Å². The van der Waals surface area contributed by atoms with Gasteiger partial charge in [-0.2, -0.15) is 0 Å². The fourth-order valence-electron chi connectivity index (χ4n) is 3.64. The van der Waals surface area contributed by atoms with E-state index in [0.717, 1.165) is 29.2 Å². The van der Waals surface area contributed by atoms with Crippen LogP contribution in [0.4, 0.5) is 5.69 Å². The number of aromatic nitrogens is 5. The van der Waals surface area contributed by atoms with Crippen LogP contribution in [0.1, 0.15) is 32.1 Å². The maximum absolute atomic E-state index is 13.0. The molecule has 0 saturated heterocycles. The van der Waals surface area contributed by atoms with Crippen LogP contribution < -0.4 is 0 Å².